The molecule has 0 heterocycles. The first-order valence-electron chi connectivity index (χ1n) is 7.63. The van der Waals surface area contributed by atoms with Crippen LogP contribution in [0.4, 0.5) is 0 Å². The van der Waals surface area contributed by atoms with Crippen LogP contribution in [0.15, 0.2) is 47.4 Å². The van der Waals surface area contributed by atoms with Crippen LogP contribution in [-0.2, 0) is 10.0 Å². The zero-order chi connectivity index (χ0) is 18.6. The van der Waals surface area contributed by atoms with E-state index in [4.69, 9.17) is 9.47 Å². The van der Waals surface area contributed by atoms with Gasteiger partial charge in [0.15, 0.2) is 5.78 Å². The van der Waals surface area contributed by atoms with Gasteiger partial charge in [-0.3, -0.25) is 4.79 Å². The Balaban J connectivity index is 2.29. The maximum atomic E-state index is 12.6. The van der Waals surface area contributed by atoms with E-state index in [-0.39, 0.29) is 10.7 Å². The van der Waals surface area contributed by atoms with Crippen molar-refractivity contribution in [2.24, 2.45) is 0 Å². The summed E-state index contributed by atoms with van der Waals surface area (Å²) in [5, 5.41) is 0. The van der Waals surface area contributed by atoms with Gasteiger partial charge in [-0.15, -0.1) is 0 Å². The molecule has 25 heavy (non-hydrogen) atoms. The van der Waals surface area contributed by atoms with Gasteiger partial charge in [0.25, 0.3) is 0 Å². The predicted octanol–water partition coefficient (Wildman–Crippen LogP) is 2.95. The van der Waals surface area contributed by atoms with Gasteiger partial charge in [-0.25, -0.2) is 13.1 Å². The number of hydrogen-bond acceptors (Lipinski definition) is 5. The average Bonchev–Trinajstić information content (AvgIpc) is 2.60. The van der Waals surface area contributed by atoms with Gasteiger partial charge in [-0.1, -0.05) is 12.1 Å². The maximum Gasteiger partial charge on any atom is 0.241 e. The summed E-state index contributed by atoms with van der Waals surface area (Å²) in [6.45, 7) is 3.15. The Morgan fingerprint density at radius 3 is 2.20 bits per heavy atom. The molecule has 0 radical (unpaired) electrons. The van der Waals surface area contributed by atoms with Gasteiger partial charge in [0.1, 0.15) is 11.5 Å². The van der Waals surface area contributed by atoms with Gasteiger partial charge < -0.3 is 9.47 Å². The Hall–Kier alpha value is -2.38. The summed E-state index contributed by atoms with van der Waals surface area (Å²) in [4.78, 5) is 11.4. The molecule has 0 aliphatic heterocycles. The minimum absolute atomic E-state index is 0.0891. The number of Topliss-reactive ketones (excluding diaryl/α,β-unsaturated/α-hetero) is 1. The molecular weight excluding hydrogens is 342 g/mol. The molecular formula is C18H21NO5S. The number of sulfonamides is 1. The van der Waals surface area contributed by atoms with Crippen LogP contribution in [0.3, 0.4) is 0 Å². The van der Waals surface area contributed by atoms with Crippen LogP contribution in [0.2, 0.25) is 0 Å². The van der Waals surface area contributed by atoms with E-state index in [0.717, 1.165) is 0 Å². The highest BCUT2D eigenvalue weighted by molar-refractivity contribution is 7.89. The first-order chi connectivity index (χ1) is 11.8. The van der Waals surface area contributed by atoms with E-state index < -0.39 is 16.1 Å². The van der Waals surface area contributed by atoms with Crippen molar-refractivity contribution in [3.05, 3.63) is 53.6 Å². The Morgan fingerprint density at radius 1 is 1.04 bits per heavy atom. The van der Waals surface area contributed by atoms with Gasteiger partial charge >= 0.3 is 0 Å². The lowest BCUT2D eigenvalue weighted by molar-refractivity contribution is 0.101. The van der Waals surface area contributed by atoms with E-state index in [2.05, 4.69) is 4.72 Å². The molecule has 7 heteroatoms. The molecule has 2 aromatic carbocycles. The fourth-order valence-electron chi connectivity index (χ4n) is 2.41. The van der Waals surface area contributed by atoms with Crippen LogP contribution in [0.25, 0.3) is 0 Å². The number of methoxy groups -OCH3 is 2. The molecule has 0 fully saturated rings. The fraction of sp³-hybridized carbons (Fsp3) is 0.278. The number of carbonyl (C=O) groups excluding carboxylic acids is 1. The standard InChI is InChI=1S/C18H21NO5S/c1-12(17-11-15(23-3)7-10-18(17)24-4)19-25(21,22)16-8-5-14(6-9-16)13(2)20/h5-12,19H,1-4H3/t12-/m1/s1. The Bertz CT molecular complexity index is 860. The monoisotopic (exact) mass is 363 g/mol. The molecule has 0 bridgehead atoms. The molecule has 6 nitrogen and oxygen atoms in total. The summed E-state index contributed by atoms with van der Waals surface area (Å²) in [6.07, 6.45) is 0. The number of rotatable bonds is 7. The first kappa shape index (κ1) is 19.0. The van der Waals surface area contributed by atoms with E-state index in [1.165, 1.54) is 45.4 Å². The van der Waals surface area contributed by atoms with Crippen molar-refractivity contribution in [1.29, 1.82) is 0 Å². The smallest absolute Gasteiger partial charge is 0.241 e. The third-order valence-electron chi connectivity index (χ3n) is 3.81. The predicted molar refractivity (Wildman–Crippen MR) is 94.7 cm³/mol. The summed E-state index contributed by atoms with van der Waals surface area (Å²) in [5.74, 6) is 1.04. The number of hydrogen-bond donors (Lipinski definition) is 1. The normalized spacial score (nSPS) is 12.5. The lowest BCUT2D eigenvalue weighted by Gasteiger charge is -2.18. The minimum atomic E-state index is -3.75. The third-order valence-corrected chi connectivity index (χ3v) is 5.36. The molecule has 0 saturated heterocycles. The van der Waals surface area contributed by atoms with E-state index >= 15 is 0 Å². The average molecular weight is 363 g/mol. The molecule has 134 valence electrons. The zero-order valence-corrected chi connectivity index (χ0v) is 15.4. The van der Waals surface area contributed by atoms with Crippen molar-refractivity contribution in [2.45, 2.75) is 24.8 Å². The second-order valence-electron chi connectivity index (χ2n) is 5.53. The highest BCUT2D eigenvalue weighted by atomic mass is 32.2. The van der Waals surface area contributed by atoms with Crippen LogP contribution in [-0.4, -0.2) is 28.4 Å². The van der Waals surface area contributed by atoms with Gasteiger partial charge in [-0.2, -0.15) is 0 Å². The Labute approximate surface area is 147 Å². The second kappa shape index (κ2) is 7.67. The van der Waals surface area contributed by atoms with Crippen LogP contribution in [0, 0.1) is 0 Å². The van der Waals surface area contributed by atoms with E-state index in [9.17, 15) is 13.2 Å². The molecule has 0 aliphatic rings. The number of nitrogens with one attached hydrogen (secondary N) is 1. The van der Waals surface area contributed by atoms with Crippen molar-refractivity contribution in [3.8, 4) is 11.5 Å². The highest BCUT2D eigenvalue weighted by Crippen LogP contribution is 2.30. The highest BCUT2D eigenvalue weighted by Gasteiger charge is 2.21. The van der Waals surface area contributed by atoms with E-state index in [0.29, 0.717) is 22.6 Å². The molecule has 0 aliphatic carbocycles. The van der Waals surface area contributed by atoms with Crippen LogP contribution in [0.1, 0.15) is 35.8 Å². The number of ketones is 1. The lowest BCUT2D eigenvalue weighted by Crippen LogP contribution is -2.27. The van der Waals surface area contributed by atoms with E-state index in [1.54, 1.807) is 25.1 Å². The summed E-state index contributed by atoms with van der Waals surface area (Å²) in [5.41, 5.74) is 1.12. The number of ether oxygens (including phenoxy) is 2. The summed E-state index contributed by atoms with van der Waals surface area (Å²) < 4.78 is 38.3. The van der Waals surface area contributed by atoms with Crippen molar-refractivity contribution < 1.29 is 22.7 Å². The Morgan fingerprint density at radius 2 is 1.68 bits per heavy atom. The quantitative estimate of drug-likeness (QED) is 0.765. The summed E-state index contributed by atoms with van der Waals surface area (Å²) >= 11 is 0. The van der Waals surface area contributed by atoms with Gasteiger partial charge in [0.2, 0.25) is 10.0 Å². The Kier molecular flexibility index (Phi) is 5.81. The zero-order valence-electron chi connectivity index (χ0n) is 14.6. The number of carbonyl (C=O) groups is 1. The van der Waals surface area contributed by atoms with Crippen molar-refractivity contribution in [1.82, 2.24) is 4.72 Å². The van der Waals surface area contributed by atoms with Crippen LogP contribution >= 0.6 is 0 Å². The second-order valence-corrected chi connectivity index (χ2v) is 7.25. The molecule has 2 aromatic rings. The molecule has 1 atom stereocenters. The van der Waals surface area contributed by atoms with Gasteiger partial charge in [0, 0.05) is 17.2 Å². The van der Waals surface area contributed by atoms with E-state index in [1.807, 2.05) is 0 Å². The number of benzene rings is 2. The van der Waals surface area contributed by atoms with Crippen molar-refractivity contribution >= 4 is 15.8 Å². The van der Waals surface area contributed by atoms with Gasteiger partial charge in [0.05, 0.1) is 19.1 Å². The summed E-state index contributed by atoms with van der Waals surface area (Å²) in [6, 6.07) is 10.5. The molecule has 0 unspecified atom stereocenters. The lowest BCUT2D eigenvalue weighted by atomic mass is 10.1. The molecule has 0 saturated carbocycles. The topological polar surface area (TPSA) is 81.7 Å². The molecule has 0 amide bonds. The largest absolute Gasteiger partial charge is 0.497 e. The third kappa shape index (κ3) is 4.37. The molecule has 0 aromatic heterocycles. The maximum absolute atomic E-state index is 12.6. The van der Waals surface area contributed by atoms with Crippen LogP contribution < -0.4 is 14.2 Å². The van der Waals surface area contributed by atoms with Crippen molar-refractivity contribution in [3.63, 3.8) is 0 Å². The van der Waals surface area contributed by atoms with Crippen molar-refractivity contribution in [2.75, 3.05) is 14.2 Å². The minimum Gasteiger partial charge on any atom is -0.497 e. The van der Waals surface area contributed by atoms with Crippen LogP contribution in [0.5, 0.6) is 11.5 Å². The van der Waals surface area contributed by atoms with Gasteiger partial charge in [-0.05, 0) is 44.2 Å². The molecule has 1 N–H and O–H groups in total. The molecule has 0 spiro atoms. The molecule has 2 rings (SSSR count). The fourth-order valence-corrected chi connectivity index (χ4v) is 3.63. The SMILES string of the molecule is COc1ccc(OC)c([C@@H](C)NS(=O)(=O)c2ccc(C(C)=O)cc2)c1. The first-order valence-corrected chi connectivity index (χ1v) is 9.12. The summed E-state index contributed by atoms with van der Waals surface area (Å²) in [7, 11) is -0.693.